The maximum absolute atomic E-state index is 15.1. The molecule has 3 aromatic carbocycles. The fourth-order valence-electron chi connectivity index (χ4n) is 8.03. The van der Waals surface area contributed by atoms with Crippen LogP contribution in [0, 0.1) is 11.6 Å². The summed E-state index contributed by atoms with van der Waals surface area (Å²) in [6.45, 7) is 5.76. The number of hydrogen-bond donors (Lipinski definition) is 3. The first kappa shape index (κ1) is 36.5. The van der Waals surface area contributed by atoms with E-state index in [2.05, 4.69) is 30.3 Å². The van der Waals surface area contributed by atoms with E-state index in [1.54, 1.807) is 17.5 Å². The van der Waals surface area contributed by atoms with E-state index >= 15 is 4.39 Å². The second-order valence-electron chi connectivity index (χ2n) is 14.3. The molecule has 1 unspecified atom stereocenters. The molecule has 286 valence electrons. The molecule has 3 saturated heterocycles. The number of carbonyl (C=O) groups is 4. The second-order valence-corrected chi connectivity index (χ2v) is 15.2. The normalized spacial score (nSPS) is 19.1. The lowest BCUT2D eigenvalue weighted by atomic mass is 10.0. The zero-order chi connectivity index (χ0) is 38.2. The number of nitrogens with one attached hydrogen (secondary N) is 2. The third kappa shape index (κ3) is 7.61. The zero-order valence-corrected chi connectivity index (χ0v) is 30.7. The third-order valence-electron chi connectivity index (χ3n) is 11.0. The number of carbonyl (C=O) groups excluding carboxylic acids is 4. The minimum atomic E-state index is -1.29. The highest BCUT2D eigenvalue weighted by molar-refractivity contribution is 7.13. The van der Waals surface area contributed by atoms with Gasteiger partial charge in [-0.1, -0.05) is 12.1 Å². The third-order valence-corrected chi connectivity index (χ3v) is 11.7. The molecule has 4 aliphatic heterocycles. The van der Waals surface area contributed by atoms with Crippen molar-refractivity contribution in [2.75, 3.05) is 60.9 Å². The van der Waals surface area contributed by atoms with Crippen molar-refractivity contribution in [1.29, 1.82) is 0 Å². The number of imide groups is 1. The van der Waals surface area contributed by atoms with Crippen LogP contribution in [0.15, 0.2) is 66.2 Å². The van der Waals surface area contributed by atoms with Crippen molar-refractivity contribution in [2.45, 2.75) is 44.4 Å². The Morgan fingerprint density at radius 2 is 1.73 bits per heavy atom. The smallest absolute Gasteiger partial charge is 0.328 e. The summed E-state index contributed by atoms with van der Waals surface area (Å²) < 4.78 is 29.5. The van der Waals surface area contributed by atoms with Gasteiger partial charge in [0.1, 0.15) is 23.4 Å². The summed E-state index contributed by atoms with van der Waals surface area (Å²) in [5, 5.41) is 17.7. The van der Waals surface area contributed by atoms with Crippen LogP contribution in [0.2, 0.25) is 0 Å². The highest BCUT2D eigenvalue weighted by Gasteiger charge is 2.40. The van der Waals surface area contributed by atoms with Gasteiger partial charge in [-0.2, -0.15) is 0 Å². The van der Waals surface area contributed by atoms with Crippen molar-refractivity contribution >= 4 is 51.6 Å². The molecule has 13 nitrogen and oxygen atoms in total. The van der Waals surface area contributed by atoms with Gasteiger partial charge >= 0.3 is 6.03 Å². The number of nitrogens with zero attached hydrogens (tertiary/aromatic N) is 6. The lowest BCUT2D eigenvalue weighted by Gasteiger charge is -2.43. The molecule has 0 saturated carbocycles. The molecule has 0 radical (unpaired) electrons. The minimum Gasteiger partial charge on any atom is -0.508 e. The van der Waals surface area contributed by atoms with Crippen molar-refractivity contribution in [3.63, 3.8) is 0 Å². The van der Waals surface area contributed by atoms with Gasteiger partial charge in [-0.05, 0) is 60.9 Å². The Bertz CT molecular complexity index is 2120. The van der Waals surface area contributed by atoms with Crippen LogP contribution in [0.4, 0.5) is 30.1 Å². The number of aromatic hydroxyl groups is 1. The Labute approximate surface area is 320 Å². The Kier molecular flexibility index (Phi) is 10.2. The highest BCUT2D eigenvalue weighted by atomic mass is 32.1. The zero-order valence-electron chi connectivity index (χ0n) is 29.9. The standard InChI is InChI=1S/C39H40F2N8O5S/c40-26-3-6-33(50)31(19-26)35(36(52)44-38-42-10-18-55-38)49-23-24-1-4-28(20-30(24)37(49)53)46-11-7-27(8-12-46)47-16-14-45(15-17-47)22-25-2-5-29(21-32(25)41)48-13-9-34(51)43-39(48)54/h1-6,10,18-21,27,35,50H,7-9,11-17,22-23H2,(H,42,44,52)(H,43,51,54). The van der Waals surface area contributed by atoms with Crippen molar-refractivity contribution in [3.05, 3.63) is 100 Å². The lowest BCUT2D eigenvalue weighted by molar-refractivity contribution is -0.121. The number of fused-ring (bicyclic) bond motifs is 1. The molecule has 0 aliphatic carbocycles. The van der Waals surface area contributed by atoms with Gasteiger partial charge in [0.05, 0.1) is 0 Å². The fourth-order valence-corrected chi connectivity index (χ4v) is 8.56. The number of hydrogen-bond acceptors (Lipinski definition) is 10. The highest BCUT2D eigenvalue weighted by Crippen LogP contribution is 2.38. The van der Waals surface area contributed by atoms with E-state index in [9.17, 15) is 28.7 Å². The Morgan fingerprint density at radius 1 is 0.945 bits per heavy atom. The van der Waals surface area contributed by atoms with E-state index in [-0.39, 0.29) is 48.5 Å². The van der Waals surface area contributed by atoms with Crippen LogP contribution in [0.5, 0.6) is 5.75 Å². The van der Waals surface area contributed by atoms with E-state index in [1.807, 2.05) is 18.2 Å². The molecule has 1 atom stereocenters. The van der Waals surface area contributed by atoms with Gasteiger partial charge < -0.3 is 14.9 Å². The number of rotatable bonds is 9. The summed E-state index contributed by atoms with van der Waals surface area (Å²) in [5.41, 5.74) is 3.11. The van der Waals surface area contributed by atoms with Crippen molar-refractivity contribution in [1.82, 2.24) is 25.0 Å². The van der Waals surface area contributed by atoms with Gasteiger partial charge in [0.15, 0.2) is 5.13 Å². The SMILES string of the molecule is O=C1CCN(c2ccc(CN3CCN(C4CCN(c5ccc6c(c5)C(=O)N(C(C(=O)Nc5nccs5)c5cc(F)ccc5O)C6)CC4)CC3)c(F)c2)C(=O)N1. The van der Waals surface area contributed by atoms with E-state index in [0.29, 0.717) is 34.5 Å². The molecule has 5 heterocycles. The number of urea groups is 1. The van der Waals surface area contributed by atoms with Crippen LogP contribution in [0.1, 0.15) is 52.4 Å². The number of anilines is 3. The number of phenols is 1. The average Bonchev–Trinajstić information content (AvgIpc) is 3.81. The number of amides is 5. The van der Waals surface area contributed by atoms with Crippen LogP contribution in [-0.2, 0) is 22.7 Å². The number of thiazole rings is 1. The first-order chi connectivity index (χ1) is 26.6. The number of piperazine rings is 1. The van der Waals surface area contributed by atoms with Gasteiger partial charge in [0.25, 0.3) is 11.8 Å². The number of piperidine rings is 1. The predicted molar refractivity (Wildman–Crippen MR) is 202 cm³/mol. The Morgan fingerprint density at radius 3 is 2.45 bits per heavy atom. The Balaban J connectivity index is 0.864. The van der Waals surface area contributed by atoms with E-state index in [0.717, 1.165) is 75.5 Å². The molecule has 8 rings (SSSR count). The van der Waals surface area contributed by atoms with Crippen LogP contribution >= 0.6 is 11.3 Å². The summed E-state index contributed by atoms with van der Waals surface area (Å²) in [5.74, 6) is -2.62. The number of benzene rings is 3. The maximum atomic E-state index is 15.1. The molecule has 0 bridgehead atoms. The number of phenolic OH excluding ortho intramolecular Hbond substituents is 1. The molecule has 5 amide bonds. The molecule has 55 heavy (non-hydrogen) atoms. The predicted octanol–water partition coefficient (Wildman–Crippen LogP) is 4.70. The summed E-state index contributed by atoms with van der Waals surface area (Å²) in [4.78, 5) is 65.1. The maximum Gasteiger partial charge on any atom is 0.328 e. The number of aromatic nitrogens is 1. The largest absolute Gasteiger partial charge is 0.508 e. The van der Waals surface area contributed by atoms with E-state index < -0.39 is 23.8 Å². The molecule has 4 aromatic rings. The summed E-state index contributed by atoms with van der Waals surface area (Å²) >= 11 is 1.21. The minimum absolute atomic E-state index is 0.00967. The van der Waals surface area contributed by atoms with Gasteiger partial charge in [-0.3, -0.25) is 39.7 Å². The van der Waals surface area contributed by atoms with Crippen molar-refractivity contribution in [2.24, 2.45) is 0 Å². The van der Waals surface area contributed by atoms with Gasteiger partial charge in [0.2, 0.25) is 5.91 Å². The van der Waals surface area contributed by atoms with Crippen molar-refractivity contribution < 1.29 is 33.1 Å². The van der Waals surface area contributed by atoms with E-state index in [4.69, 9.17) is 0 Å². The first-order valence-corrected chi connectivity index (χ1v) is 19.2. The van der Waals surface area contributed by atoms with Gasteiger partial charge in [-0.25, -0.2) is 18.6 Å². The van der Waals surface area contributed by atoms with Gasteiger partial charge in [-0.15, -0.1) is 11.3 Å². The molecular weight excluding hydrogens is 731 g/mol. The summed E-state index contributed by atoms with van der Waals surface area (Å²) in [6, 6.07) is 12.5. The Hall–Kier alpha value is -5.45. The van der Waals surface area contributed by atoms with Crippen molar-refractivity contribution in [3.8, 4) is 5.75 Å². The molecule has 1 aromatic heterocycles. The van der Waals surface area contributed by atoms with Crippen LogP contribution in [0.3, 0.4) is 0 Å². The molecule has 16 heteroatoms. The molecule has 4 aliphatic rings. The molecule has 3 N–H and O–H groups in total. The van der Waals surface area contributed by atoms with Crippen LogP contribution < -0.4 is 20.4 Å². The summed E-state index contributed by atoms with van der Waals surface area (Å²) in [7, 11) is 0. The molecular formula is C39H40F2N8O5S. The second kappa shape index (κ2) is 15.4. The van der Waals surface area contributed by atoms with E-state index in [1.165, 1.54) is 39.5 Å². The fraction of sp³-hybridized carbons (Fsp3) is 0.359. The average molecular weight is 771 g/mol. The molecule has 0 spiro atoms. The monoisotopic (exact) mass is 770 g/mol. The van der Waals surface area contributed by atoms with Crippen LogP contribution in [0.25, 0.3) is 0 Å². The first-order valence-electron chi connectivity index (χ1n) is 18.3. The molecule has 3 fully saturated rings. The summed E-state index contributed by atoms with van der Waals surface area (Å²) in [6.07, 6.45) is 3.61. The topological polar surface area (TPSA) is 142 Å². The lowest BCUT2D eigenvalue weighted by Crippen LogP contribution is -2.53. The quantitative estimate of drug-likeness (QED) is 0.221. The number of halogens is 2. The van der Waals surface area contributed by atoms with Crippen LogP contribution in [-0.4, -0.2) is 100 Å². The van der Waals surface area contributed by atoms with Gasteiger partial charge in [0, 0.05) is 111 Å².